The van der Waals surface area contributed by atoms with Crippen molar-refractivity contribution in [3.05, 3.63) is 85.1 Å². The first-order valence-corrected chi connectivity index (χ1v) is 36.1. The summed E-state index contributed by atoms with van der Waals surface area (Å²) in [6.45, 7) is 6.56. The number of carbonyl (C=O) groups is 3. The van der Waals surface area contributed by atoms with Crippen molar-refractivity contribution in [2.24, 2.45) is 0 Å². The molecule has 0 aromatic heterocycles. The van der Waals surface area contributed by atoms with E-state index in [4.69, 9.17) is 14.2 Å². The fraction of sp³-hybridized carbons (Fsp3) is 0.779. The average Bonchev–Trinajstić information content (AvgIpc) is 3.48. The summed E-state index contributed by atoms with van der Waals surface area (Å²) in [7, 11) is 0. The standard InChI is InChI=1S/C77H136O6/c1-4-7-10-13-16-19-22-24-26-28-30-32-34-35-36-37-38-39-40-41-43-44-46-48-50-52-55-58-61-64-67-70-76(79)82-73-74(72-81-75(78)69-66-63-60-57-54-21-18-15-12-9-6-3)83-77(80)71-68-65-62-59-56-53-51-49-47-45-42-33-31-29-27-25-23-20-17-14-11-8-5-2/h7,10,16,19,23-26,29-32,35-36,74H,4-6,8-9,11-15,17-18,20-22,27-28,33-34,37-73H2,1-3H3/b10-7-,19-16-,25-23-,26-24-,31-29-,32-30-,36-35-. The van der Waals surface area contributed by atoms with Crippen molar-refractivity contribution in [3.63, 3.8) is 0 Å². The molecule has 0 N–H and O–H groups in total. The van der Waals surface area contributed by atoms with Crippen LogP contribution in [0.4, 0.5) is 0 Å². The van der Waals surface area contributed by atoms with Crippen LogP contribution in [0.15, 0.2) is 85.1 Å². The van der Waals surface area contributed by atoms with E-state index in [2.05, 4.69) is 106 Å². The number of allylic oxidation sites excluding steroid dienone is 14. The quantitative estimate of drug-likeness (QED) is 0.0261. The first kappa shape index (κ1) is 79.6. The van der Waals surface area contributed by atoms with E-state index in [9.17, 15) is 14.4 Å². The Morgan fingerprint density at radius 3 is 0.735 bits per heavy atom. The van der Waals surface area contributed by atoms with Crippen LogP contribution in [-0.4, -0.2) is 37.2 Å². The van der Waals surface area contributed by atoms with Crippen LogP contribution in [0, 0.1) is 0 Å². The van der Waals surface area contributed by atoms with Gasteiger partial charge in [-0.05, 0) is 96.3 Å². The molecule has 83 heavy (non-hydrogen) atoms. The third-order valence-electron chi connectivity index (χ3n) is 15.9. The molecule has 1 unspecified atom stereocenters. The maximum absolute atomic E-state index is 12.9. The summed E-state index contributed by atoms with van der Waals surface area (Å²) >= 11 is 0. The molecule has 0 aliphatic rings. The minimum atomic E-state index is -0.776. The number of hydrogen-bond acceptors (Lipinski definition) is 6. The summed E-state index contributed by atoms with van der Waals surface area (Å²) in [4.78, 5) is 38.4. The van der Waals surface area contributed by atoms with E-state index >= 15 is 0 Å². The molecule has 0 fully saturated rings. The van der Waals surface area contributed by atoms with Crippen LogP contribution >= 0.6 is 0 Å². The Balaban J connectivity index is 4.18. The summed E-state index contributed by atoms with van der Waals surface area (Å²) < 4.78 is 17.0. The first-order valence-electron chi connectivity index (χ1n) is 36.1. The van der Waals surface area contributed by atoms with E-state index in [1.807, 2.05) is 0 Å². The van der Waals surface area contributed by atoms with Crippen LogP contribution in [0.25, 0.3) is 0 Å². The minimum Gasteiger partial charge on any atom is -0.462 e. The molecule has 0 saturated heterocycles. The van der Waals surface area contributed by atoms with E-state index < -0.39 is 6.10 Å². The Morgan fingerprint density at radius 1 is 0.253 bits per heavy atom. The van der Waals surface area contributed by atoms with Crippen molar-refractivity contribution < 1.29 is 28.6 Å². The highest BCUT2D eigenvalue weighted by atomic mass is 16.6. The fourth-order valence-electron chi connectivity index (χ4n) is 10.5. The topological polar surface area (TPSA) is 78.9 Å². The van der Waals surface area contributed by atoms with Crippen LogP contribution in [0.5, 0.6) is 0 Å². The second-order valence-corrected chi connectivity index (χ2v) is 24.1. The summed E-state index contributed by atoms with van der Waals surface area (Å²) in [5.74, 6) is -0.854. The SMILES string of the molecule is CC/C=C\C/C=C\C/C=C\C/C=C\C/C=C\CCCCCCCCCCCCCCCCCC(=O)OCC(COC(=O)CCCCCCCCCCCCC)OC(=O)CCCCCCCCCCCCC/C=C\C/C=C\CCCCCCC. The minimum absolute atomic E-state index is 0.0718. The molecule has 0 saturated carbocycles. The molecule has 0 radical (unpaired) electrons. The van der Waals surface area contributed by atoms with Crippen LogP contribution in [0.3, 0.4) is 0 Å². The predicted molar refractivity (Wildman–Crippen MR) is 362 cm³/mol. The van der Waals surface area contributed by atoms with Crippen LogP contribution in [-0.2, 0) is 28.6 Å². The van der Waals surface area contributed by atoms with Gasteiger partial charge in [-0.25, -0.2) is 0 Å². The van der Waals surface area contributed by atoms with E-state index in [1.165, 1.54) is 231 Å². The highest BCUT2D eigenvalue weighted by Gasteiger charge is 2.19. The summed E-state index contributed by atoms with van der Waals surface area (Å²) in [5.41, 5.74) is 0. The molecular weight excluding hydrogens is 1020 g/mol. The Labute approximate surface area is 515 Å². The zero-order valence-electron chi connectivity index (χ0n) is 55.2. The Hall–Kier alpha value is -3.41. The fourth-order valence-corrected chi connectivity index (χ4v) is 10.5. The molecule has 0 bridgehead atoms. The van der Waals surface area contributed by atoms with Gasteiger partial charge in [0.1, 0.15) is 13.2 Å². The lowest BCUT2D eigenvalue weighted by molar-refractivity contribution is -0.167. The van der Waals surface area contributed by atoms with Crippen molar-refractivity contribution in [3.8, 4) is 0 Å². The second kappa shape index (κ2) is 71.1. The van der Waals surface area contributed by atoms with Gasteiger partial charge in [0.2, 0.25) is 0 Å². The van der Waals surface area contributed by atoms with Crippen LogP contribution in [0.1, 0.15) is 367 Å². The van der Waals surface area contributed by atoms with Gasteiger partial charge in [-0.2, -0.15) is 0 Å². The first-order chi connectivity index (χ1) is 41.0. The Morgan fingerprint density at radius 2 is 0.470 bits per heavy atom. The van der Waals surface area contributed by atoms with Crippen molar-refractivity contribution in [1.82, 2.24) is 0 Å². The number of ether oxygens (including phenoxy) is 3. The molecule has 0 rings (SSSR count). The molecule has 1 atom stereocenters. The van der Waals surface area contributed by atoms with E-state index in [0.29, 0.717) is 19.3 Å². The molecule has 0 aromatic rings. The summed E-state index contributed by atoms with van der Waals surface area (Å²) in [6, 6.07) is 0. The third-order valence-corrected chi connectivity index (χ3v) is 15.9. The number of hydrogen-bond donors (Lipinski definition) is 0. The van der Waals surface area contributed by atoms with Gasteiger partial charge in [-0.1, -0.05) is 337 Å². The van der Waals surface area contributed by atoms with E-state index in [-0.39, 0.29) is 31.1 Å². The van der Waals surface area contributed by atoms with Crippen molar-refractivity contribution in [2.45, 2.75) is 374 Å². The molecule has 0 aliphatic heterocycles. The highest BCUT2D eigenvalue weighted by Crippen LogP contribution is 2.18. The molecule has 0 aromatic carbocycles. The third kappa shape index (κ3) is 69.3. The highest BCUT2D eigenvalue weighted by molar-refractivity contribution is 5.71. The maximum atomic E-state index is 12.9. The van der Waals surface area contributed by atoms with Gasteiger partial charge in [0.25, 0.3) is 0 Å². The van der Waals surface area contributed by atoms with Gasteiger partial charge >= 0.3 is 17.9 Å². The normalized spacial score (nSPS) is 12.6. The number of unbranched alkanes of at least 4 members (excludes halogenated alkanes) is 41. The molecule has 0 spiro atoms. The molecule has 0 amide bonds. The van der Waals surface area contributed by atoms with E-state index in [1.54, 1.807) is 0 Å². The van der Waals surface area contributed by atoms with Gasteiger partial charge in [0.05, 0.1) is 0 Å². The number of esters is 3. The smallest absolute Gasteiger partial charge is 0.306 e. The molecular formula is C77H136O6. The lowest BCUT2D eigenvalue weighted by Crippen LogP contribution is -2.30. The van der Waals surface area contributed by atoms with E-state index in [0.717, 1.165) is 96.3 Å². The van der Waals surface area contributed by atoms with Gasteiger partial charge in [-0.15, -0.1) is 0 Å². The lowest BCUT2D eigenvalue weighted by Gasteiger charge is -2.18. The maximum Gasteiger partial charge on any atom is 0.306 e. The predicted octanol–water partition coefficient (Wildman–Crippen LogP) is 25.0. The monoisotopic (exact) mass is 1160 g/mol. The molecule has 0 heterocycles. The van der Waals surface area contributed by atoms with Gasteiger partial charge < -0.3 is 14.2 Å². The van der Waals surface area contributed by atoms with Crippen molar-refractivity contribution in [1.29, 1.82) is 0 Å². The van der Waals surface area contributed by atoms with Crippen molar-refractivity contribution >= 4 is 17.9 Å². The van der Waals surface area contributed by atoms with Crippen LogP contribution in [0.2, 0.25) is 0 Å². The van der Waals surface area contributed by atoms with Gasteiger partial charge in [-0.3, -0.25) is 14.4 Å². The zero-order chi connectivity index (χ0) is 59.9. The number of rotatable bonds is 66. The van der Waals surface area contributed by atoms with Gasteiger partial charge in [0.15, 0.2) is 6.10 Å². The van der Waals surface area contributed by atoms with Crippen molar-refractivity contribution in [2.75, 3.05) is 13.2 Å². The molecule has 0 aliphatic carbocycles. The zero-order valence-corrected chi connectivity index (χ0v) is 55.2. The Bertz CT molecular complexity index is 1570. The molecule has 6 heteroatoms. The van der Waals surface area contributed by atoms with Gasteiger partial charge in [0, 0.05) is 19.3 Å². The summed E-state index contributed by atoms with van der Waals surface area (Å²) in [5, 5.41) is 0. The van der Waals surface area contributed by atoms with Crippen LogP contribution < -0.4 is 0 Å². The summed E-state index contributed by atoms with van der Waals surface area (Å²) in [6.07, 6.45) is 94.8. The Kier molecular flexibility index (Phi) is 68.2. The largest absolute Gasteiger partial charge is 0.462 e. The molecule has 6 nitrogen and oxygen atoms in total. The lowest BCUT2D eigenvalue weighted by atomic mass is 10.0. The average molecular weight is 1160 g/mol. The second-order valence-electron chi connectivity index (χ2n) is 24.1. The number of carbonyl (C=O) groups excluding carboxylic acids is 3. The molecule has 480 valence electrons.